The molecule has 0 saturated carbocycles. The summed E-state index contributed by atoms with van der Waals surface area (Å²) in [6.45, 7) is 0. The van der Waals surface area contributed by atoms with Crippen LogP contribution in [0.25, 0.3) is 0 Å². The fourth-order valence-corrected chi connectivity index (χ4v) is 3.55. The Morgan fingerprint density at radius 1 is 1.17 bits per heavy atom. The van der Waals surface area contributed by atoms with Gasteiger partial charge in [-0.1, -0.05) is 35.9 Å². The number of nitrogens with one attached hydrogen (secondary N) is 1. The molecule has 2 aromatic rings. The number of hydrogen-bond donors (Lipinski definition) is 2. The molecule has 3 N–H and O–H groups in total. The molecule has 0 spiro atoms. The van der Waals surface area contributed by atoms with Gasteiger partial charge in [-0.15, -0.1) is 0 Å². The van der Waals surface area contributed by atoms with Crippen LogP contribution in [0.1, 0.15) is 23.0 Å². The van der Waals surface area contributed by atoms with E-state index in [9.17, 15) is 10.1 Å². The molecule has 2 aliphatic heterocycles. The SMILES string of the molecule is N#CC1=C(N)Oc2ccccc2C1C1C(=O)Nc2cc(Cl)ccc21. The van der Waals surface area contributed by atoms with Crippen molar-refractivity contribution in [3.63, 3.8) is 0 Å². The molecule has 2 atom stereocenters. The van der Waals surface area contributed by atoms with E-state index in [0.717, 1.165) is 11.1 Å². The smallest absolute Gasteiger partial charge is 0.233 e. The molecule has 118 valence electrons. The van der Waals surface area contributed by atoms with E-state index in [2.05, 4.69) is 11.4 Å². The first-order valence-corrected chi connectivity index (χ1v) is 7.75. The lowest BCUT2D eigenvalue weighted by molar-refractivity contribution is -0.117. The van der Waals surface area contributed by atoms with Crippen molar-refractivity contribution in [3.05, 3.63) is 70.1 Å². The van der Waals surface area contributed by atoms with Crippen LogP contribution in [-0.2, 0) is 4.79 Å². The predicted molar refractivity (Wildman–Crippen MR) is 89.5 cm³/mol. The number of nitriles is 1. The normalized spacial score (nSPS) is 21.4. The van der Waals surface area contributed by atoms with Gasteiger partial charge in [0.05, 0.1) is 11.5 Å². The van der Waals surface area contributed by atoms with Crippen molar-refractivity contribution in [2.75, 3.05) is 5.32 Å². The Morgan fingerprint density at radius 2 is 1.96 bits per heavy atom. The molecule has 2 unspecified atom stereocenters. The first-order chi connectivity index (χ1) is 11.6. The summed E-state index contributed by atoms with van der Waals surface area (Å²) in [5.74, 6) is -0.641. The van der Waals surface area contributed by atoms with Crippen molar-refractivity contribution in [1.29, 1.82) is 5.26 Å². The van der Waals surface area contributed by atoms with Gasteiger partial charge >= 0.3 is 0 Å². The van der Waals surface area contributed by atoms with Crippen molar-refractivity contribution in [2.24, 2.45) is 5.73 Å². The number of carbonyl (C=O) groups is 1. The van der Waals surface area contributed by atoms with E-state index >= 15 is 0 Å². The molecule has 2 aromatic carbocycles. The highest BCUT2D eigenvalue weighted by Gasteiger charge is 2.43. The van der Waals surface area contributed by atoms with Crippen molar-refractivity contribution >= 4 is 23.2 Å². The number of nitrogens with zero attached hydrogens (tertiary/aromatic N) is 1. The number of nitrogens with two attached hydrogens (primary N) is 1. The summed E-state index contributed by atoms with van der Waals surface area (Å²) in [5.41, 5.74) is 8.43. The minimum Gasteiger partial charge on any atom is -0.440 e. The summed E-state index contributed by atoms with van der Waals surface area (Å²) in [7, 11) is 0. The molecule has 0 bridgehead atoms. The number of para-hydroxylation sites is 1. The van der Waals surface area contributed by atoms with Crippen LogP contribution in [0.5, 0.6) is 5.75 Å². The summed E-state index contributed by atoms with van der Waals surface area (Å²) in [6.07, 6.45) is 0. The highest BCUT2D eigenvalue weighted by Crippen LogP contribution is 2.50. The maximum Gasteiger partial charge on any atom is 0.233 e. The summed E-state index contributed by atoms with van der Waals surface area (Å²) < 4.78 is 5.55. The maximum absolute atomic E-state index is 12.7. The van der Waals surface area contributed by atoms with Crippen molar-refractivity contribution in [2.45, 2.75) is 11.8 Å². The van der Waals surface area contributed by atoms with Gasteiger partial charge in [0, 0.05) is 22.2 Å². The lowest BCUT2D eigenvalue weighted by Crippen LogP contribution is -2.27. The zero-order valence-electron chi connectivity index (χ0n) is 12.4. The molecule has 5 nitrogen and oxygen atoms in total. The summed E-state index contributed by atoms with van der Waals surface area (Å²) in [4.78, 5) is 12.7. The molecule has 1 amide bonds. The third kappa shape index (κ3) is 2.04. The molecule has 2 aliphatic rings. The standard InChI is InChI=1S/C18H12ClN3O2/c19-9-5-6-10-13(7-9)22-18(23)16(10)15-11-3-1-2-4-14(11)24-17(21)12(15)8-20/h1-7,15-16H,21H2,(H,22,23). The number of hydrogen-bond acceptors (Lipinski definition) is 4. The van der Waals surface area contributed by atoms with Crippen molar-refractivity contribution in [3.8, 4) is 11.8 Å². The van der Waals surface area contributed by atoms with Crippen LogP contribution in [0.2, 0.25) is 5.02 Å². The minimum atomic E-state index is -0.560. The number of allylic oxidation sites excluding steroid dienone is 1. The number of fused-ring (bicyclic) bond motifs is 2. The van der Waals surface area contributed by atoms with Gasteiger partial charge in [0.2, 0.25) is 11.8 Å². The highest BCUT2D eigenvalue weighted by molar-refractivity contribution is 6.31. The Labute approximate surface area is 143 Å². The van der Waals surface area contributed by atoms with E-state index < -0.39 is 11.8 Å². The molecule has 0 radical (unpaired) electrons. The van der Waals surface area contributed by atoms with Gasteiger partial charge in [-0.2, -0.15) is 5.26 Å². The van der Waals surface area contributed by atoms with Gasteiger partial charge in [-0.3, -0.25) is 4.79 Å². The van der Waals surface area contributed by atoms with Gasteiger partial charge in [-0.25, -0.2) is 0 Å². The van der Waals surface area contributed by atoms with E-state index in [-0.39, 0.29) is 17.4 Å². The number of amides is 1. The Balaban J connectivity index is 1.93. The number of rotatable bonds is 1. The van der Waals surface area contributed by atoms with Crippen molar-refractivity contribution < 1.29 is 9.53 Å². The fraction of sp³-hybridized carbons (Fsp3) is 0.111. The molecule has 0 saturated heterocycles. The first-order valence-electron chi connectivity index (χ1n) is 7.37. The zero-order chi connectivity index (χ0) is 16.8. The molecular weight excluding hydrogens is 326 g/mol. The van der Waals surface area contributed by atoms with Crippen LogP contribution in [-0.4, -0.2) is 5.91 Å². The first kappa shape index (κ1) is 14.6. The summed E-state index contributed by atoms with van der Waals surface area (Å²) >= 11 is 6.01. The lowest BCUT2D eigenvalue weighted by atomic mass is 9.76. The second-order valence-corrected chi connectivity index (χ2v) is 6.14. The zero-order valence-corrected chi connectivity index (χ0v) is 13.2. The number of halogens is 1. The van der Waals surface area contributed by atoms with Crippen LogP contribution < -0.4 is 15.8 Å². The van der Waals surface area contributed by atoms with E-state index in [1.54, 1.807) is 18.2 Å². The molecule has 0 aliphatic carbocycles. The summed E-state index contributed by atoms with van der Waals surface area (Å²) in [5, 5.41) is 13.0. The molecule has 24 heavy (non-hydrogen) atoms. The van der Waals surface area contributed by atoms with E-state index in [0.29, 0.717) is 16.5 Å². The Bertz CT molecular complexity index is 946. The monoisotopic (exact) mass is 337 g/mol. The largest absolute Gasteiger partial charge is 0.440 e. The van der Waals surface area contributed by atoms with Gasteiger partial charge in [-0.05, 0) is 23.8 Å². The summed E-state index contributed by atoms with van der Waals surface area (Å²) in [6, 6.07) is 14.7. The van der Waals surface area contributed by atoms with E-state index in [4.69, 9.17) is 22.1 Å². The molecule has 6 heteroatoms. The third-order valence-corrected chi connectivity index (χ3v) is 4.63. The van der Waals surface area contributed by atoms with Gasteiger partial charge < -0.3 is 15.8 Å². The highest BCUT2D eigenvalue weighted by atomic mass is 35.5. The molecule has 0 fully saturated rings. The quantitative estimate of drug-likeness (QED) is 0.836. The minimum absolute atomic E-state index is 0.0383. The average molecular weight is 338 g/mol. The number of benzene rings is 2. The Hall–Kier alpha value is -2.97. The maximum atomic E-state index is 12.7. The van der Waals surface area contributed by atoms with E-state index in [1.165, 1.54) is 0 Å². The van der Waals surface area contributed by atoms with Crippen LogP contribution in [0, 0.1) is 11.3 Å². The second kappa shape index (κ2) is 5.29. The fourth-order valence-electron chi connectivity index (χ4n) is 3.37. The number of anilines is 1. The van der Waals surface area contributed by atoms with Crippen LogP contribution in [0.4, 0.5) is 5.69 Å². The van der Waals surface area contributed by atoms with Gasteiger partial charge in [0.15, 0.2) is 0 Å². The van der Waals surface area contributed by atoms with Gasteiger partial charge in [0.1, 0.15) is 11.8 Å². The predicted octanol–water partition coefficient (Wildman–Crippen LogP) is 3.25. The number of carbonyl (C=O) groups excluding carboxylic acids is 1. The molecule has 2 heterocycles. The average Bonchev–Trinajstić information content (AvgIpc) is 2.88. The molecular formula is C18H12ClN3O2. The number of ether oxygens (including phenoxy) is 1. The van der Waals surface area contributed by atoms with Crippen LogP contribution >= 0.6 is 11.6 Å². The van der Waals surface area contributed by atoms with Gasteiger partial charge in [0.25, 0.3) is 0 Å². The van der Waals surface area contributed by atoms with E-state index in [1.807, 2.05) is 24.3 Å². The molecule has 0 aromatic heterocycles. The third-order valence-electron chi connectivity index (χ3n) is 4.39. The second-order valence-electron chi connectivity index (χ2n) is 5.71. The molecule has 4 rings (SSSR count). The van der Waals surface area contributed by atoms with Crippen LogP contribution in [0.15, 0.2) is 53.9 Å². The topological polar surface area (TPSA) is 88.1 Å². The Kier molecular flexibility index (Phi) is 3.22. The van der Waals surface area contributed by atoms with Crippen molar-refractivity contribution in [1.82, 2.24) is 0 Å². The lowest BCUT2D eigenvalue weighted by Gasteiger charge is -2.29. The van der Waals surface area contributed by atoms with Crippen LogP contribution in [0.3, 0.4) is 0 Å². The Morgan fingerprint density at radius 3 is 2.75 bits per heavy atom.